The molecule has 0 saturated heterocycles. The number of hydrogen-bond acceptors (Lipinski definition) is 3. The Hall–Kier alpha value is -0.670. The van der Waals surface area contributed by atoms with Crippen LogP contribution in [0.2, 0.25) is 0 Å². The number of unbranched alkanes of at least 4 members (excludes halogenated alkanes) is 2. The molecule has 0 amide bonds. The Morgan fingerprint density at radius 1 is 1.17 bits per heavy atom. The summed E-state index contributed by atoms with van der Waals surface area (Å²) in [6, 6.07) is 8.35. The van der Waals surface area contributed by atoms with E-state index in [9.17, 15) is 0 Å². The molecule has 0 aliphatic carbocycles. The highest BCUT2D eigenvalue weighted by atomic mass is 32.2. The van der Waals surface area contributed by atoms with Crippen LogP contribution in [0.3, 0.4) is 0 Å². The molecule has 0 fully saturated rings. The minimum absolute atomic E-state index is 0.289. The Balaban J connectivity index is 2.08. The summed E-state index contributed by atoms with van der Waals surface area (Å²) in [4.78, 5) is 0. The Labute approximate surface area is 115 Å². The zero-order chi connectivity index (χ0) is 13.1. The predicted octanol–water partition coefficient (Wildman–Crippen LogP) is 3.34. The van der Waals surface area contributed by atoms with Gasteiger partial charge in [0.2, 0.25) is 0 Å². The molecule has 0 aromatic heterocycles. The lowest BCUT2D eigenvalue weighted by molar-refractivity contribution is 0.322. The van der Waals surface area contributed by atoms with Gasteiger partial charge < -0.3 is 9.84 Å². The Kier molecular flexibility index (Phi) is 8.78. The smallest absolute Gasteiger partial charge is 0.119 e. The lowest BCUT2D eigenvalue weighted by Crippen LogP contribution is -1.93. The molecule has 1 aromatic carbocycles. The molecule has 1 N–H and O–H groups in total. The third-order valence-electron chi connectivity index (χ3n) is 2.57. The fraction of sp³-hybridized carbons (Fsp3) is 0.533. The number of aliphatic hydroxyl groups excluding tert-OH is 1. The fourth-order valence-corrected chi connectivity index (χ4v) is 2.33. The number of hydrogen-bond donors (Lipinski definition) is 1. The van der Waals surface area contributed by atoms with Crippen molar-refractivity contribution in [3.05, 3.63) is 36.2 Å². The van der Waals surface area contributed by atoms with Crippen LogP contribution in [0.15, 0.2) is 24.3 Å². The lowest BCUT2D eigenvalue weighted by Gasteiger charge is -2.05. The third-order valence-corrected chi connectivity index (χ3v) is 3.57. The van der Waals surface area contributed by atoms with E-state index in [-0.39, 0.29) is 6.61 Å². The van der Waals surface area contributed by atoms with Crippen LogP contribution in [0, 0.1) is 6.42 Å². The second-order valence-corrected chi connectivity index (χ2v) is 5.25. The van der Waals surface area contributed by atoms with Crippen LogP contribution in [0.25, 0.3) is 0 Å². The average Bonchev–Trinajstić information content (AvgIpc) is 2.40. The van der Waals surface area contributed by atoms with Gasteiger partial charge in [-0.25, -0.2) is 0 Å². The highest BCUT2D eigenvalue weighted by Gasteiger charge is 1.96. The number of aryl methyl sites for hydroxylation is 1. The lowest BCUT2D eigenvalue weighted by atomic mass is 10.1. The molecule has 0 heterocycles. The summed E-state index contributed by atoms with van der Waals surface area (Å²) in [6.07, 6.45) is 5.67. The van der Waals surface area contributed by atoms with Crippen LogP contribution in [0.1, 0.15) is 25.3 Å². The summed E-state index contributed by atoms with van der Waals surface area (Å²) < 4.78 is 5.41. The van der Waals surface area contributed by atoms with Crippen LogP contribution in [0.4, 0.5) is 0 Å². The quantitative estimate of drug-likeness (QED) is 0.659. The van der Waals surface area contributed by atoms with Crippen LogP contribution in [-0.4, -0.2) is 29.8 Å². The minimum atomic E-state index is 0.289. The van der Waals surface area contributed by atoms with Crippen molar-refractivity contribution in [2.24, 2.45) is 0 Å². The van der Waals surface area contributed by atoms with Gasteiger partial charge in [-0.15, -0.1) is 0 Å². The van der Waals surface area contributed by atoms with Crippen molar-refractivity contribution in [1.82, 2.24) is 0 Å². The van der Waals surface area contributed by atoms with E-state index in [1.54, 1.807) is 0 Å². The molecule has 0 atom stereocenters. The molecular weight excluding hydrogens is 244 g/mol. The highest BCUT2D eigenvalue weighted by molar-refractivity contribution is 7.99. The fourth-order valence-electron chi connectivity index (χ4n) is 1.67. The molecule has 1 aromatic rings. The van der Waals surface area contributed by atoms with E-state index < -0.39 is 0 Å². The Morgan fingerprint density at radius 3 is 2.61 bits per heavy atom. The summed E-state index contributed by atoms with van der Waals surface area (Å²) in [5, 5.41) is 8.64. The second kappa shape index (κ2) is 10.3. The predicted molar refractivity (Wildman–Crippen MR) is 79.3 cm³/mol. The van der Waals surface area contributed by atoms with E-state index in [1.165, 1.54) is 5.56 Å². The summed E-state index contributed by atoms with van der Waals surface area (Å²) in [7, 11) is 0. The van der Waals surface area contributed by atoms with Crippen molar-refractivity contribution in [2.45, 2.75) is 26.2 Å². The number of aliphatic hydroxyl groups is 1. The molecular formula is C15H23O2S. The maximum Gasteiger partial charge on any atom is 0.119 e. The molecule has 0 bridgehead atoms. The standard InChI is InChI=1S/C15H23O2S/c1-2-17-15-9-7-14(8-10-15)6-4-3-5-12-18-13-11-16/h3,7-10,16H,2,4-6,11-13H2,1H3. The molecule has 0 unspecified atom stereocenters. The van der Waals surface area contributed by atoms with Crippen LogP contribution in [0.5, 0.6) is 5.75 Å². The van der Waals surface area contributed by atoms with Crippen molar-refractivity contribution >= 4 is 11.8 Å². The van der Waals surface area contributed by atoms with E-state index in [0.29, 0.717) is 0 Å². The van der Waals surface area contributed by atoms with Gasteiger partial charge in [-0.1, -0.05) is 12.1 Å². The maximum atomic E-state index is 8.64. The summed E-state index contributed by atoms with van der Waals surface area (Å²) in [6.45, 7) is 3.01. The molecule has 3 heteroatoms. The molecule has 2 nitrogen and oxygen atoms in total. The van der Waals surface area contributed by atoms with Crippen LogP contribution < -0.4 is 4.74 Å². The Morgan fingerprint density at radius 2 is 1.94 bits per heavy atom. The number of benzene rings is 1. The highest BCUT2D eigenvalue weighted by Crippen LogP contribution is 2.14. The van der Waals surface area contributed by atoms with Gasteiger partial charge in [0.1, 0.15) is 5.75 Å². The van der Waals surface area contributed by atoms with E-state index in [2.05, 4.69) is 18.6 Å². The molecule has 0 aliphatic heterocycles. The first kappa shape index (κ1) is 15.4. The zero-order valence-electron chi connectivity index (χ0n) is 11.1. The normalized spacial score (nSPS) is 10.6. The molecule has 0 saturated carbocycles. The minimum Gasteiger partial charge on any atom is -0.494 e. The first-order chi connectivity index (χ1) is 8.86. The van der Waals surface area contributed by atoms with Crippen molar-refractivity contribution in [3.63, 3.8) is 0 Å². The van der Waals surface area contributed by atoms with Gasteiger partial charge in [0, 0.05) is 5.75 Å². The second-order valence-electron chi connectivity index (χ2n) is 4.03. The van der Waals surface area contributed by atoms with E-state index in [4.69, 9.17) is 9.84 Å². The van der Waals surface area contributed by atoms with Gasteiger partial charge in [0.25, 0.3) is 0 Å². The van der Waals surface area contributed by atoms with Gasteiger partial charge in [0.05, 0.1) is 13.2 Å². The summed E-state index contributed by atoms with van der Waals surface area (Å²) in [5.74, 6) is 2.92. The van der Waals surface area contributed by atoms with E-state index >= 15 is 0 Å². The Bertz CT molecular complexity index is 298. The number of rotatable bonds is 10. The van der Waals surface area contributed by atoms with Crippen molar-refractivity contribution in [2.75, 3.05) is 24.7 Å². The van der Waals surface area contributed by atoms with Crippen molar-refractivity contribution in [1.29, 1.82) is 0 Å². The van der Waals surface area contributed by atoms with Gasteiger partial charge in [0.15, 0.2) is 0 Å². The summed E-state index contributed by atoms with van der Waals surface area (Å²) in [5.41, 5.74) is 1.36. The zero-order valence-corrected chi connectivity index (χ0v) is 11.9. The van der Waals surface area contributed by atoms with Gasteiger partial charge in [-0.2, -0.15) is 11.8 Å². The number of ether oxygens (including phenoxy) is 1. The molecule has 1 radical (unpaired) electrons. The van der Waals surface area contributed by atoms with Crippen molar-refractivity contribution < 1.29 is 9.84 Å². The van der Waals surface area contributed by atoms with Crippen LogP contribution in [-0.2, 0) is 6.42 Å². The topological polar surface area (TPSA) is 29.5 Å². The third kappa shape index (κ3) is 6.92. The van der Waals surface area contributed by atoms with Crippen LogP contribution >= 0.6 is 11.8 Å². The molecule has 101 valence electrons. The van der Waals surface area contributed by atoms with E-state index in [0.717, 1.165) is 43.1 Å². The number of thioether (sulfide) groups is 1. The largest absolute Gasteiger partial charge is 0.494 e. The molecule has 0 aliphatic rings. The first-order valence-corrected chi connectivity index (χ1v) is 7.74. The van der Waals surface area contributed by atoms with Crippen molar-refractivity contribution in [3.8, 4) is 5.75 Å². The molecule has 18 heavy (non-hydrogen) atoms. The molecule has 0 spiro atoms. The molecule has 1 rings (SSSR count). The maximum absolute atomic E-state index is 8.64. The van der Waals surface area contributed by atoms with Gasteiger partial charge in [-0.05, 0) is 56.1 Å². The SMILES string of the molecule is CCOc1ccc(CC[CH]CCSCCO)cc1. The monoisotopic (exact) mass is 267 g/mol. The average molecular weight is 267 g/mol. The van der Waals surface area contributed by atoms with Gasteiger partial charge in [-0.3, -0.25) is 0 Å². The summed E-state index contributed by atoms with van der Waals surface area (Å²) >= 11 is 1.81. The van der Waals surface area contributed by atoms with Gasteiger partial charge >= 0.3 is 0 Å². The first-order valence-electron chi connectivity index (χ1n) is 6.58. The van der Waals surface area contributed by atoms with E-state index in [1.807, 2.05) is 30.8 Å².